The summed E-state index contributed by atoms with van der Waals surface area (Å²) in [5, 5.41) is 15.4. The normalized spacial score (nSPS) is 16.8. The van der Waals surface area contributed by atoms with Crippen LogP contribution in [0.15, 0.2) is 0 Å². The molecule has 0 radical (unpaired) electrons. The van der Waals surface area contributed by atoms with Gasteiger partial charge in [-0.3, -0.25) is 4.79 Å². The number of carbonyl (C=O) groups is 1. The van der Waals surface area contributed by atoms with Crippen LogP contribution >= 0.6 is 12.4 Å². The summed E-state index contributed by atoms with van der Waals surface area (Å²) >= 11 is 0. The van der Waals surface area contributed by atoms with Crippen LogP contribution in [0.2, 0.25) is 0 Å². The van der Waals surface area contributed by atoms with Gasteiger partial charge < -0.3 is 15.7 Å². The van der Waals surface area contributed by atoms with E-state index in [1.54, 1.807) is 0 Å². The number of carbonyl (C=O) groups excluding carboxylic acids is 1. The number of aliphatic hydroxyl groups is 1. The Bertz CT molecular complexity index is 208. The molecule has 0 aliphatic heterocycles. The van der Waals surface area contributed by atoms with Crippen LogP contribution in [0.4, 0.5) is 0 Å². The van der Waals surface area contributed by atoms with E-state index in [2.05, 4.69) is 10.6 Å². The molecule has 0 aromatic rings. The average Bonchev–Trinajstić information content (AvgIpc) is 2.97. The molecule has 1 aliphatic carbocycles. The van der Waals surface area contributed by atoms with E-state index >= 15 is 0 Å². The van der Waals surface area contributed by atoms with Gasteiger partial charge in [-0.15, -0.1) is 12.4 Å². The highest BCUT2D eigenvalue weighted by molar-refractivity contribution is 5.85. The first-order valence-electron chi connectivity index (χ1n) is 5.77. The van der Waals surface area contributed by atoms with Gasteiger partial charge in [-0.1, -0.05) is 13.8 Å². The molecular formula is C11H23ClN2O2. The first-order chi connectivity index (χ1) is 7.09. The molecule has 0 aromatic heterocycles. The molecular weight excluding hydrogens is 228 g/mol. The van der Waals surface area contributed by atoms with Gasteiger partial charge in [-0.2, -0.15) is 0 Å². The molecule has 1 rings (SSSR count). The second-order valence-electron chi connectivity index (χ2n) is 4.61. The van der Waals surface area contributed by atoms with Crippen LogP contribution in [0.25, 0.3) is 0 Å². The highest BCUT2D eigenvalue weighted by Gasteiger charge is 2.21. The zero-order valence-corrected chi connectivity index (χ0v) is 10.8. The fourth-order valence-electron chi connectivity index (χ4n) is 1.28. The van der Waals surface area contributed by atoms with E-state index in [9.17, 15) is 9.90 Å². The van der Waals surface area contributed by atoms with Crippen molar-refractivity contribution in [3.63, 3.8) is 0 Å². The van der Waals surface area contributed by atoms with Crippen LogP contribution in [0.5, 0.6) is 0 Å². The van der Waals surface area contributed by atoms with E-state index in [0.29, 0.717) is 25.6 Å². The van der Waals surface area contributed by atoms with Crippen molar-refractivity contribution in [1.29, 1.82) is 0 Å². The summed E-state index contributed by atoms with van der Waals surface area (Å²) < 4.78 is 0. The first-order valence-corrected chi connectivity index (χ1v) is 5.77. The predicted octanol–water partition coefficient (Wildman–Crippen LogP) is 0.683. The van der Waals surface area contributed by atoms with E-state index < -0.39 is 0 Å². The molecule has 1 fully saturated rings. The zero-order chi connectivity index (χ0) is 11.3. The Labute approximate surface area is 104 Å². The SMILES string of the molecule is CC(C)C(O)CCNC(=O)CNC1CC1.Cl. The van der Waals surface area contributed by atoms with E-state index in [4.69, 9.17) is 0 Å². The van der Waals surface area contributed by atoms with Crippen molar-refractivity contribution in [2.24, 2.45) is 5.92 Å². The number of rotatable bonds is 7. The molecule has 16 heavy (non-hydrogen) atoms. The van der Waals surface area contributed by atoms with E-state index in [0.717, 1.165) is 0 Å². The highest BCUT2D eigenvalue weighted by Crippen LogP contribution is 2.17. The second kappa shape index (κ2) is 7.87. The largest absolute Gasteiger partial charge is 0.393 e. The monoisotopic (exact) mass is 250 g/mol. The maximum absolute atomic E-state index is 11.3. The van der Waals surface area contributed by atoms with Gasteiger partial charge >= 0.3 is 0 Å². The van der Waals surface area contributed by atoms with Crippen molar-refractivity contribution in [2.45, 2.75) is 45.3 Å². The summed E-state index contributed by atoms with van der Waals surface area (Å²) in [5.41, 5.74) is 0. The summed E-state index contributed by atoms with van der Waals surface area (Å²) in [6.07, 6.45) is 2.70. The van der Waals surface area contributed by atoms with Gasteiger partial charge in [0.1, 0.15) is 0 Å². The Morgan fingerprint density at radius 1 is 1.44 bits per heavy atom. The van der Waals surface area contributed by atoms with Crippen molar-refractivity contribution in [2.75, 3.05) is 13.1 Å². The Morgan fingerprint density at radius 3 is 2.56 bits per heavy atom. The lowest BCUT2D eigenvalue weighted by Crippen LogP contribution is -2.36. The summed E-state index contributed by atoms with van der Waals surface area (Å²) in [5.74, 6) is 0.282. The van der Waals surface area contributed by atoms with Crippen LogP contribution < -0.4 is 10.6 Å². The number of halogens is 1. The number of amides is 1. The number of hydrogen-bond donors (Lipinski definition) is 3. The summed E-state index contributed by atoms with van der Waals surface area (Å²) in [7, 11) is 0. The molecule has 0 heterocycles. The van der Waals surface area contributed by atoms with Gasteiger partial charge in [0, 0.05) is 12.6 Å². The average molecular weight is 251 g/mol. The lowest BCUT2D eigenvalue weighted by Gasteiger charge is -2.14. The highest BCUT2D eigenvalue weighted by atomic mass is 35.5. The molecule has 1 aliphatic rings. The summed E-state index contributed by atoms with van der Waals surface area (Å²) in [6.45, 7) is 4.91. The van der Waals surface area contributed by atoms with Crippen molar-refractivity contribution in [1.82, 2.24) is 10.6 Å². The minimum absolute atomic E-state index is 0. The molecule has 0 spiro atoms. The summed E-state index contributed by atoms with van der Waals surface area (Å²) in [4.78, 5) is 11.3. The molecule has 3 N–H and O–H groups in total. The minimum atomic E-state index is -0.318. The Morgan fingerprint density at radius 2 is 2.06 bits per heavy atom. The van der Waals surface area contributed by atoms with Crippen molar-refractivity contribution < 1.29 is 9.90 Å². The van der Waals surface area contributed by atoms with Crippen LogP contribution in [0, 0.1) is 5.92 Å². The molecule has 96 valence electrons. The third-order valence-electron chi connectivity index (χ3n) is 2.66. The quantitative estimate of drug-likeness (QED) is 0.623. The molecule has 0 saturated heterocycles. The fourth-order valence-corrected chi connectivity index (χ4v) is 1.28. The molecule has 4 nitrogen and oxygen atoms in total. The molecule has 1 atom stereocenters. The van der Waals surface area contributed by atoms with Crippen LogP contribution in [-0.4, -0.2) is 36.2 Å². The van der Waals surface area contributed by atoms with Gasteiger partial charge in [-0.25, -0.2) is 0 Å². The number of aliphatic hydroxyl groups excluding tert-OH is 1. The molecule has 0 bridgehead atoms. The topological polar surface area (TPSA) is 61.4 Å². The summed E-state index contributed by atoms with van der Waals surface area (Å²) in [6, 6.07) is 0.567. The zero-order valence-electron chi connectivity index (χ0n) is 10.0. The Balaban J connectivity index is 0.00000225. The molecule has 0 aromatic carbocycles. The molecule has 1 amide bonds. The van der Waals surface area contributed by atoms with Gasteiger partial charge in [-0.05, 0) is 25.2 Å². The van der Waals surface area contributed by atoms with Crippen LogP contribution in [0.1, 0.15) is 33.1 Å². The predicted molar refractivity (Wildman–Crippen MR) is 66.7 cm³/mol. The minimum Gasteiger partial charge on any atom is -0.393 e. The molecule has 1 saturated carbocycles. The Hall–Kier alpha value is -0.320. The smallest absolute Gasteiger partial charge is 0.233 e. The van der Waals surface area contributed by atoms with E-state index in [-0.39, 0.29) is 30.3 Å². The molecule has 1 unspecified atom stereocenters. The van der Waals surface area contributed by atoms with E-state index in [1.165, 1.54) is 12.8 Å². The number of hydrogen-bond acceptors (Lipinski definition) is 3. The molecule has 5 heteroatoms. The van der Waals surface area contributed by atoms with Crippen LogP contribution in [0.3, 0.4) is 0 Å². The number of nitrogens with one attached hydrogen (secondary N) is 2. The van der Waals surface area contributed by atoms with Gasteiger partial charge in [0.2, 0.25) is 5.91 Å². The Kier molecular flexibility index (Phi) is 7.72. The van der Waals surface area contributed by atoms with Gasteiger partial charge in [0.25, 0.3) is 0 Å². The van der Waals surface area contributed by atoms with E-state index in [1.807, 2.05) is 13.8 Å². The van der Waals surface area contributed by atoms with Crippen molar-refractivity contribution >= 4 is 18.3 Å². The standard InChI is InChI=1S/C11H22N2O2.ClH/c1-8(2)10(14)5-6-12-11(15)7-13-9-3-4-9;/h8-10,13-14H,3-7H2,1-2H3,(H,12,15);1H. The second-order valence-corrected chi connectivity index (χ2v) is 4.61. The fraction of sp³-hybridized carbons (Fsp3) is 0.909. The third-order valence-corrected chi connectivity index (χ3v) is 2.66. The van der Waals surface area contributed by atoms with Gasteiger partial charge in [0.05, 0.1) is 12.6 Å². The van der Waals surface area contributed by atoms with Crippen LogP contribution in [-0.2, 0) is 4.79 Å². The third kappa shape index (κ3) is 7.04. The lowest BCUT2D eigenvalue weighted by atomic mass is 10.0. The lowest BCUT2D eigenvalue weighted by molar-refractivity contribution is -0.120. The van der Waals surface area contributed by atoms with Crippen molar-refractivity contribution in [3.8, 4) is 0 Å². The van der Waals surface area contributed by atoms with Crippen molar-refractivity contribution in [3.05, 3.63) is 0 Å². The first kappa shape index (κ1) is 15.7. The maximum atomic E-state index is 11.3. The maximum Gasteiger partial charge on any atom is 0.233 e. The van der Waals surface area contributed by atoms with Gasteiger partial charge in [0.15, 0.2) is 0 Å².